The van der Waals surface area contributed by atoms with E-state index in [4.69, 9.17) is 4.74 Å². The lowest BCUT2D eigenvalue weighted by Gasteiger charge is -2.03. The number of unbranched alkanes of at least 4 members (excludes halogenated alkanes) is 3. The molecule has 0 N–H and O–H groups in total. The van der Waals surface area contributed by atoms with Gasteiger partial charge in [0, 0.05) is 6.42 Å². The molecule has 0 heterocycles. The van der Waals surface area contributed by atoms with E-state index < -0.39 is 0 Å². The monoisotopic (exact) mass is 298 g/mol. The highest BCUT2D eigenvalue weighted by molar-refractivity contribution is 14.1. The van der Waals surface area contributed by atoms with Gasteiger partial charge in [-0.15, -0.1) is 0 Å². The van der Waals surface area contributed by atoms with E-state index in [0.29, 0.717) is 13.0 Å². The second-order valence-electron chi connectivity index (χ2n) is 3.07. The van der Waals surface area contributed by atoms with Crippen molar-refractivity contribution in [1.29, 1.82) is 0 Å². The summed E-state index contributed by atoms with van der Waals surface area (Å²) in [5.74, 6) is -0.0269. The molecular formula is C10H19IO2. The molecule has 0 saturated carbocycles. The number of halogens is 1. The highest BCUT2D eigenvalue weighted by Gasteiger charge is 2.00. The van der Waals surface area contributed by atoms with Gasteiger partial charge in [0.25, 0.3) is 0 Å². The minimum absolute atomic E-state index is 0.0269. The quantitative estimate of drug-likeness (QED) is 0.297. The molecule has 0 aromatic carbocycles. The van der Waals surface area contributed by atoms with E-state index in [-0.39, 0.29) is 5.97 Å². The second kappa shape index (κ2) is 10.3. The standard InChI is InChI=1S/C10H19IO2/c1-2-3-6-9-13-10(12)7-4-5-8-11/h2-9H2,1H3. The van der Waals surface area contributed by atoms with Gasteiger partial charge in [-0.3, -0.25) is 4.79 Å². The molecule has 3 heteroatoms. The molecule has 0 bridgehead atoms. The molecule has 0 aliphatic heterocycles. The van der Waals surface area contributed by atoms with E-state index in [1.165, 1.54) is 6.42 Å². The molecule has 0 atom stereocenters. The first-order chi connectivity index (χ1) is 6.31. The zero-order chi connectivity index (χ0) is 9.94. The molecule has 0 spiro atoms. The average Bonchev–Trinajstić information content (AvgIpc) is 2.13. The third-order valence-electron chi connectivity index (χ3n) is 1.78. The lowest BCUT2D eigenvalue weighted by molar-refractivity contribution is -0.143. The van der Waals surface area contributed by atoms with E-state index in [9.17, 15) is 4.79 Å². The van der Waals surface area contributed by atoms with E-state index in [2.05, 4.69) is 29.5 Å². The van der Waals surface area contributed by atoms with Crippen molar-refractivity contribution >= 4 is 28.6 Å². The molecule has 78 valence electrons. The van der Waals surface area contributed by atoms with Gasteiger partial charge in [0.1, 0.15) is 0 Å². The molecule has 0 aromatic rings. The minimum Gasteiger partial charge on any atom is -0.466 e. The molecular weight excluding hydrogens is 279 g/mol. The zero-order valence-electron chi connectivity index (χ0n) is 8.35. The Kier molecular flexibility index (Phi) is 10.4. The molecule has 0 aliphatic rings. The molecule has 0 aliphatic carbocycles. The molecule has 0 unspecified atom stereocenters. The zero-order valence-corrected chi connectivity index (χ0v) is 10.5. The highest BCUT2D eigenvalue weighted by Crippen LogP contribution is 2.01. The van der Waals surface area contributed by atoms with Crippen molar-refractivity contribution in [3.8, 4) is 0 Å². The first-order valence-electron chi connectivity index (χ1n) is 5.02. The molecule has 0 fully saturated rings. The molecule has 0 radical (unpaired) electrons. The van der Waals surface area contributed by atoms with Crippen LogP contribution in [-0.4, -0.2) is 17.0 Å². The summed E-state index contributed by atoms with van der Waals surface area (Å²) >= 11 is 2.32. The maximum atomic E-state index is 11.1. The minimum atomic E-state index is -0.0269. The molecule has 0 aromatic heterocycles. The van der Waals surface area contributed by atoms with Crippen molar-refractivity contribution < 1.29 is 9.53 Å². The van der Waals surface area contributed by atoms with Crippen LogP contribution in [0.25, 0.3) is 0 Å². The van der Waals surface area contributed by atoms with E-state index in [1.807, 2.05) is 0 Å². The number of hydrogen-bond acceptors (Lipinski definition) is 2. The number of ether oxygens (including phenoxy) is 1. The molecule has 2 nitrogen and oxygen atoms in total. The molecule has 0 amide bonds. The fourth-order valence-corrected chi connectivity index (χ4v) is 1.51. The fraction of sp³-hybridized carbons (Fsp3) is 0.900. The largest absolute Gasteiger partial charge is 0.466 e. The molecule has 13 heavy (non-hydrogen) atoms. The van der Waals surface area contributed by atoms with Gasteiger partial charge in [0.15, 0.2) is 0 Å². The van der Waals surface area contributed by atoms with Crippen molar-refractivity contribution in [2.75, 3.05) is 11.0 Å². The third kappa shape index (κ3) is 10.1. The SMILES string of the molecule is CCCCCOC(=O)CCCCI. The van der Waals surface area contributed by atoms with Crippen LogP contribution < -0.4 is 0 Å². The summed E-state index contributed by atoms with van der Waals surface area (Å²) < 4.78 is 6.18. The van der Waals surface area contributed by atoms with Crippen LogP contribution in [0.2, 0.25) is 0 Å². The molecule has 0 saturated heterocycles. The Morgan fingerprint density at radius 2 is 2.00 bits per heavy atom. The Balaban J connectivity index is 3.11. The summed E-state index contributed by atoms with van der Waals surface area (Å²) in [5.41, 5.74) is 0. The Bertz CT molecular complexity index is 126. The number of esters is 1. The van der Waals surface area contributed by atoms with Gasteiger partial charge in [-0.1, -0.05) is 42.4 Å². The number of alkyl halides is 1. The second-order valence-corrected chi connectivity index (χ2v) is 4.15. The van der Waals surface area contributed by atoms with Crippen LogP contribution in [0.15, 0.2) is 0 Å². The Labute approximate surface area is 94.6 Å². The van der Waals surface area contributed by atoms with Crippen molar-refractivity contribution in [3.63, 3.8) is 0 Å². The van der Waals surface area contributed by atoms with Crippen LogP contribution in [0.3, 0.4) is 0 Å². The first-order valence-corrected chi connectivity index (χ1v) is 6.55. The Morgan fingerprint density at radius 3 is 2.62 bits per heavy atom. The van der Waals surface area contributed by atoms with Gasteiger partial charge in [-0.25, -0.2) is 0 Å². The van der Waals surface area contributed by atoms with Crippen LogP contribution in [0.4, 0.5) is 0 Å². The summed E-state index contributed by atoms with van der Waals surface area (Å²) in [6.45, 7) is 2.75. The number of carbonyl (C=O) groups excluding carboxylic acids is 1. The van der Waals surface area contributed by atoms with E-state index >= 15 is 0 Å². The first kappa shape index (κ1) is 13.2. The van der Waals surface area contributed by atoms with Crippen LogP contribution in [0.5, 0.6) is 0 Å². The van der Waals surface area contributed by atoms with E-state index in [0.717, 1.165) is 30.1 Å². The van der Waals surface area contributed by atoms with Gasteiger partial charge in [0.2, 0.25) is 0 Å². The van der Waals surface area contributed by atoms with E-state index in [1.54, 1.807) is 0 Å². The summed E-state index contributed by atoms with van der Waals surface area (Å²) in [6, 6.07) is 0. The predicted molar refractivity (Wildman–Crippen MR) is 63.2 cm³/mol. The highest BCUT2D eigenvalue weighted by atomic mass is 127. The summed E-state index contributed by atoms with van der Waals surface area (Å²) in [6.07, 6.45) is 6.01. The molecule has 0 rings (SSSR count). The maximum absolute atomic E-state index is 11.1. The van der Waals surface area contributed by atoms with Crippen LogP contribution in [0.1, 0.15) is 45.4 Å². The third-order valence-corrected chi connectivity index (χ3v) is 2.54. The van der Waals surface area contributed by atoms with Crippen molar-refractivity contribution in [3.05, 3.63) is 0 Å². The fourth-order valence-electron chi connectivity index (χ4n) is 0.974. The van der Waals surface area contributed by atoms with Gasteiger partial charge >= 0.3 is 5.97 Å². The van der Waals surface area contributed by atoms with Crippen LogP contribution in [0, 0.1) is 0 Å². The number of rotatable bonds is 8. The van der Waals surface area contributed by atoms with Crippen molar-refractivity contribution in [2.24, 2.45) is 0 Å². The van der Waals surface area contributed by atoms with Gasteiger partial charge in [-0.2, -0.15) is 0 Å². The smallest absolute Gasteiger partial charge is 0.305 e. The van der Waals surface area contributed by atoms with Gasteiger partial charge < -0.3 is 4.74 Å². The normalized spacial score (nSPS) is 10.0. The Morgan fingerprint density at radius 1 is 1.23 bits per heavy atom. The van der Waals surface area contributed by atoms with Crippen molar-refractivity contribution in [1.82, 2.24) is 0 Å². The number of hydrogen-bond donors (Lipinski definition) is 0. The van der Waals surface area contributed by atoms with Gasteiger partial charge in [0.05, 0.1) is 6.61 Å². The Hall–Kier alpha value is 0.200. The van der Waals surface area contributed by atoms with Crippen LogP contribution in [-0.2, 0) is 9.53 Å². The lowest BCUT2D eigenvalue weighted by atomic mass is 10.2. The lowest BCUT2D eigenvalue weighted by Crippen LogP contribution is -2.05. The van der Waals surface area contributed by atoms with Crippen LogP contribution >= 0.6 is 22.6 Å². The van der Waals surface area contributed by atoms with Crippen molar-refractivity contribution in [2.45, 2.75) is 45.4 Å². The summed E-state index contributed by atoms with van der Waals surface area (Å²) in [4.78, 5) is 11.1. The summed E-state index contributed by atoms with van der Waals surface area (Å²) in [7, 11) is 0. The maximum Gasteiger partial charge on any atom is 0.305 e. The number of carbonyl (C=O) groups is 1. The summed E-state index contributed by atoms with van der Waals surface area (Å²) in [5, 5.41) is 0. The van der Waals surface area contributed by atoms with Gasteiger partial charge in [-0.05, 0) is 23.7 Å². The topological polar surface area (TPSA) is 26.3 Å². The average molecular weight is 298 g/mol. The predicted octanol–water partition coefficient (Wildman–Crippen LogP) is 3.33.